The Hall–Kier alpha value is -1.74. The van der Waals surface area contributed by atoms with Crippen molar-refractivity contribution in [3.63, 3.8) is 0 Å². The summed E-state index contributed by atoms with van der Waals surface area (Å²) in [6, 6.07) is 8.02. The Balaban J connectivity index is 1.83. The van der Waals surface area contributed by atoms with Crippen LogP contribution in [0.4, 0.5) is 0 Å². The van der Waals surface area contributed by atoms with E-state index in [9.17, 15) is 5.11 Å². The highest BCUT2D eigenvalue weighted by molar-refractivity contribution is 5.31. The zero-order valence-electron chi connectivity index (χ0n) is 12.7. The van der Waals surface area contributed by atoms with Crippen LogP contribution in [0, 0.1) is 0 Å². The normalized spacial score (nSPS) is 18.2. The van der Waals surface area contributed by atoms with Gasteiger partial charge in [0.05, 0.1) is 0 Å². The van der Waals surface area contributed by atoms with Crippen molar-refractivity contribution in [3.8, 4) is 5.75 Å². The highest BCUT2D eigenvalue weighted by atomic mass is 16.3. The van der Waals surface area contributed by atoms with Crippen LogP contribution < -0.4 is 5.32 Å². The number of aromatic nitrogens is 1. The van der Waals surface area contributed by atoms with E-state index in [4.69, 9.17) is 0 Å². The van der Waals surface area contributed by atoms with Crippen LogP contribution in [-0.4, -0.2) is 16.2 Å². The molecule has 1 aliphatic carbocycles. The van der Waals surface area contributed by atoms with E-state index in [1.54, 1.807) is 6.07 Å². The van der Waals surface area contributed by atoms with Gasteiger partial charge in [0.2, 0.25) is 0 Å². The number of hydrogen-bond donors (Lipinski definition) is 2. The second-order valence-corrected chi connectivity index (χ2v) is 5.94. The lowest BCUT2D eigenvalue weighted by atomic mass is 10.0. The number of phenols is 1. The summed E-state index contributed by atoms with van der Waals surface area (Å²) in [4.78, 5) is 0. The molecule has 1 unspecified atom stereocenters. The summed E-state index contributed by atoms with van der Waals surface area (Å²) in [6.07, 6.45) is 9.58. The van der Waals surface area contributed by atoms with Gasteiger partial charge in [-0.15, -0.1) is 0 Å². The van der Waals surface area contributed by atoms with E-state index in [0.717, 1.165) is 18.7 Å². The van der Waals surface area contributed by atoms with Crippen molar-refractivity contribution in [3.05, 3.63) is 53.3 Å². The first-order valence-corrected chi connectivity index (χ1v) is 7.96. The van der Waals surface area contributed by atoms with Crippen LogP contribution in [0.3, 0.4) is 0 Å². The average Bonchev–Trinajstić information content (AvgIpc) is 2.76. The summed E-state index contributed by atoms with van der Waals surface area (Å²) in [6.45, 7) is 4.01. The van der Waals surface area contributed by atoms with Crippen LogP contribution in [0.1, 0.15) is 48.9 Å². The lowest BCUT2D eigenvalue weighted by molar-refractivity contribution is 0.474. The monoisotopic (exact) mass is 284 g/mol. The molecule has 3 heteroatoms. The second-order valence-electron chi connectivity index (χ2n) is 5.94. The quantitative estimate of drug-likeness (QED) is 0.841. The van der Waals surface area contributed by atoms with Gasteiger partial charge in [-0.05, 0) is 54.6 Å². The third-order valence-electron chi connectivity index (χ3n) is 4.29. The molecule has 0 spiro atoms. The maximum absolute atomic E-state index is 9.58. The van der Waals surface area contributed by atoms with Gasteiger partial charge >= 0.3 is 0 Å². The van der Waals surface area contributed by atoms with Gasteiger partial charge in [0, 0.05) is 25.0 Å². The van der Waals surface area contributed by atoms with Crippen molar-refractivity contribution in [2.75, 3.05) is 6.54 Å². The predicted octanol–water partition coefficient (Wildman–Crippen LogP) is 3.62. The van der Waals surface area contributed by atoms with Crippen LogP contribution >= 0.6 is 0 Å². The van der Waals surface area contributed by atoms with E-state index < -0.39 is 0 Å². The van der Waals surface area contributed by atoms with Crippen molar-refractivity contribution in [1.29, 1.82) is 0 Å². The molecular weight excluding hydrogens is 260 g/mol. The Kier molecular flexibility index (Phi) is 4.30. The van der Waals surface area contributed by atoms with Crippen molar-refractivity contribution in [2.24, 2.45) is 0 Å². The third-order valence-corrected chi connectivity index (χ3v) is 4.29. The fraction of sp³-hybridized carbons (Fsp3) is 0.444. The van der Waals surface area contributed by atoms with E-state index in [-0.39, 0.29) is 0 Å². The molecule has 2 aromatic rings. The zero-order chi connectivity index (χ0) is 14.7. The third kappa shape index (κ3) is 3.30. The molecule has 0 saturated heterocycles. The molecule has 0 fully saturated rings. The van der Waals surface area contributed by atoms with Gasteiger partial charge in [0.1, 0.15) is 5.75 Å². The van der Waals surface area contributed by atoms with Crippen LogP contribution in [0.2, 0.25) is 0 Å². The van der Waals surface area contributed by atoms with Gasteiger partial charge in [-0.3, -0.25) is 0 Å². The van der Waals surface area contributed by atoms with Gasteiger partial charge in [-0.25, -0.2) is 0 Å². The number of fused-ring (bicyclic) bond motifs is 1. The summed E-state index contributed by atoms with van der Waals surface area (Å²) in [5.41, 5.74) is 4.09. The minimum atomic E-state index is 0.340. The molecule has 3 nitrogen and oxygen atoms in total. The first-order valence-electron chi connectivity index (χ1n) is 7.96. The molecule has 0 amide bonds. The number of benzene rings is 1. The van der Waals surface area contributed by atoms with Gasteiger partial charge in [-0.1, -0.05) is 25.5 Å². The molecule has 1 aromatic carbocycles. The van der Waals surface area contributed by atoms with Crippen LogP contribution in [0.15, 0.2) is 36.7 Å². The maximum atomic E-state index is 9.58. The maximum Gasteiger partial charge on any atom is 0.115 e. The lowest BCUT2D eigenvalue weighted by Gasteiger charge is -2.15. The molecular formula is C18H24N2O. The molecule has 1 aromatic heterocycles. The largest absolute Gasteiger partial charge is 0.508 e. The van der Waals surface area contributed by atoms with E-state index in [1.807, 2.05) is 12.1 Å². The second kappa shape index (κ2) is 6.35. The topological polar surface area (TPSA) is 37.2 Å². The fourth-order valence-corrected chi connectivity index (χ4v) is 3.33. The molecule has 0 aliphatic heterocycles. The van der Waals surface area contributed by atoms with Crippen LogP contribution in [0.5, 0.6) is 5.75 Å². The standard InChI is InChI=1S/C18H24N2O/c1-2-19-18-9-4-3-7-15-12-20(13-17(15)18)11-14-6-5-8-16(21)10-14/h5-6,8,10,12-13,18-19,21H,2-4,7,9,11H2,1H3. The zero-order valence-corrected chi connectivity index (χ0v) is 12.7. The SMILES string of the molecule is CCNC1CCCCc2cn(Cc3cccc(O)c3)cc21. The Morgan fingerprint density at radius 3 is 3.00 bits per heavy atom. The van der Waals surface area contributed by atoms with Gasteiger partial charge in [-0.2, -0.15) is 0 Å². The van der Waals surface area contributed by atoms with Gasteiger partial charge in [0.15, 0.2) is 0 Å². The minimum Gasteiger partial charge on any atom is -0.508 e. The molecule has 1 aliphatic rings. The Morgan fingerprint density at radius 1 is 1.29 bits per heavy atom. The van der Waals surface area contributed by atoms with E-state index in [0.29, 0.717) is 11.8 Å². The highest BCUT2D eigenvalue weighted by Crippen LogP contribution is 2.29. The summed E-state index contributed by atoms with van der Waals surface area (Å²) in [5.74, 6) is 0.340. The van der Waals surface area contributed by atoms with E-state index >= 15 is 0 Å². The first-order chi connectivity index (χ1) is 10.3. The Labute approximate surface area is 126 Å². The molecule has 3 rings (SSSR count). The first kappa shape index (κ1) is 14.2. The van der Waals surface area contributed by atoms with E-state index in [1.165, 1.54) is 36.8 Å². The summed E-state index contributed by atoms with van der Waals surface area (Å²) in [7, 11) is 0. The molecule has 1 atom stereocenters. The number of aromatic hydroxyl groups is 1. The number of rotatable bonds is 4. The molecule has 1 heterocycles. The predicted molar refractivity (Wildman–Crippen MR) is 85.6 cm³/mol. The van der Waals surface area contributed by atoms with Gasteiger partial charge < -0.3 is 15.0 Å². The van der Waals surface area contributed by atoms with Crippen LogP contribution in [-0.2, 0) is 13.0 Å². The number of nitrogens with one attached hydrogen (secondary N) is 1. The molecule has 112 valence electrons. The number of phenolic OH excluding ortho intramolecular Hbond substituents is 1. The smallest absolute Gasteiger partial charge is 0.115 e. The number of nitrogens with zero attached hydrogens (tertiary/aromatic N) is 1. The van der Waals surface area contributed by atoms with Crippen molar-refractivity contribution >= 4 is 0 Å². The summed E-state index contributed by atoms with van der Waals surface area (Å²) >= 11 is 0. The molecule has 2 N–H and O–H groups in total. The lowest BCUT2D eigenvalue weighted by Crippen LogP contribution is -2.20. The Bertz CT molecular complexity index is 603. The minimum absolute atomic E-state index is 0.340. The summed E-state index contributed by atoms with van der Waals surface area (Å²) in [5, 5.41) is 13.2. The van der Waals surface area contributed by atoms with Crippen molar-refractivity contribution in [1.82, 2.24) is 9.88 Å². The Morgan fingerprint density at radius 2 is 2.19 bits per heavy atom. The molecule has 0 radical (unpaired) electrons. The number of aryl methyl sites for hydroxylation is 1. The molecule has 21 heavy (non-hydrogen) atoms. The average molecular weight is 284 g/mol. The highest BCUT2D eigenvalue weighted by Gasteiger charge is 2.19. The van der Waals surface area contributed by atoms with E-state index in [2.05, 4.69) is 35.3 Å². The van der Waals surface area contributed by atoms with Crippen molar-refractivity contribution in [2.45, 2.75) is 45.2 Å². The number of hydrogen-bond acceptors (Lipinski definition) is 2. The van der Waals surface area contributed by atoms with Gasteiger partial charge in [0.25, 0.3) is 0 Å². The fourth-order valence-electron chi connectivity index (χ4n) is 3.33. The molecule has 0 bridgehead atoms. The summed E-state index contributed by atoms with van der Waals surface area (Å²) < 4.78 is 2.26. The molecule has 0 saturated carbocycles. The van der Waals surface area contributed by atoms with Crippen LogP contribution in [0.25, 0.3) is 0 Å². The van der Waals surface area contributed by atoms with Crippen molar-refractivity contribution < 1.29 is 5.11 Å².